The minimum Gasteiger partial charge on any atom is -0.482 e. The summed E-state index contributed by atoms with van der Waals surface area (Å²) in [5.74, 6) is 0.204. The van der Waals surface area contributed by atoms with E-state index in [4.69, 9.17) is 0 Å². The Kier molecular flexibility index (Phi) is 4.52. The third-order valence-corrected chi connectivity index (χ3v) is 8.25. The maximum atomic E-state index is 12.1. The summed E-state index contributed by atoms with van der Waals surface area (Å²) >= 11 is 3.03. The van der Waals surface area contributed by atoms with Gasteiger partial charge in [0.15, 0.2) is 10.6 Å². The summed E-state index contributed by atoms with van der Waals surface area (Å²) in [7, 11) is -4.24. The van der Waals surface area contributed by atoms with Crippen LogP contribution in [0, 0.1) is 16.7 Å². The number of hydrogen-bond donors (Lipinski definition) is 1. The van der Waals surface area contributed by atoms with Gasteiger partial charge in [-0.2, -0.15) is 8.42 Å². The van der Waals surface area contributed by atoms with Crippen molar-refractivity contribution in [3.63, 3.8) is 0 Å². The Morgan fingerprint density at radius 1 is 1.52 bits per heavy atom. The number of hydrogen-bond acceptors (Lipinski definition) is 5. The van der Waals surface area contributed by atoms with Gasteiger partial charge in [0.1, 0.15) is 12.4 Å². The van der Waals surface area contributed by atoms with Gasteiger partial charge in [0.05, 0.1) is 12.0 Å². The van der Waals surface area contributed by atoms with Crippen LogP contribution >= 0.6 is 15.9 Å². The number of rotatable bonds is 2. The fourth-order valence-corrected chi connectivity index (χ4v) is 5.90. The number of aliphatic imine (C=N–C) groups is 1. The molecule has 120 valence electrons. The number of ketones is 1. The zero-order chi connectivity index (χ0) is 15.9. The van der Waals surface area contributed by atoms with Gasteiger partial charge in [-0.1, -0.05) is 29.8 Å². The van der Waals surface area contributed by atoms with Crippen LogP contribution in [0.1, 0.15) is 33.1 Å². The lowest BCUT2D eigenvalue weighted by atomic mass is 9.70. The number of alkyl halides is 1. The molecule has 3 atom stereocenters. The van der Waals surface area contributed by atoms with E-state index in [0.29, 0.717) is 12.8 Å². The topological polar surface area (TPSA) is 93.0 Å². The fraction of sp³-hybridized carbons (Fsp3) is 0.846. The quantitative estimate of drug-likeness (QED) is 0.583. The first-order chi connectivity index (χ1) is 9.64. The number of carbonyl (C=O) groups excluding carboxylic acids is 1. The highest BCUT2D eigenvalue weighted by Crippen LogP contribution is 2.67. The molecule has 0 spiro atoms. The predicted octanol–water partition coefficient (Wildman–Crippen LogP) is 2.04. The van der Waals surface area contributed by atoms with Crippen molar-refractivity contribution in [3.05, 3.63) is 0 Å². The van der Waals surface area contributed by atoms with Gasteiger partial charge in [-0.3, -0.25) is 14.3 Å². The predicted molar refractivity (Wildman–Crippen MR) is 82.1 cm³/mol. The minimum atomic E-state index is -4.24. The van der Waals surface area contributed by atoms with E-state index in [1.54, 1.807) is 0 Å². The highest BCUT2D eigenvalue weighted by atomic mass is 79.9. The van der Waals surface area contributed by atoms with Gasteiger partial charge >= 0.3 is 0 Å². The summed E-state index contributed by atoms with van der Waals surface area (Å²) in [5, 5.41) is 0. The van der Waals surface area contributed by atoms with E-state index in [1.807, 2.05) is 13.8 Å². The van der Waals surface area contributed by atoms with E-state index >= 15 is 0 Å². The molecule has 1 aliphatic heterocycles. The van der Waals surface area contributed by atoms with E-state index in [-0.39, 0.29) is 17.1 Å². The second-order valence-electron chi connectivity index (χ2n) is 6.27. The molecule has 0 aromatic heterocycles. The van der Waals surface area contributed by atoms with Crippen LogP contribution in [0.5, 0.6) is 0 Å². The van der Waals surface area contributed by atoms with E-state index in [9.17, 15) is 17.8 Å². The van der Waals surface area contributed by atoms with E-state index in [1.165, 1.54) is 6.40 Å². The average Bonchev–Trinajstić information content (AvgIpc) is 3.05. The van der Waals surface area contributed by atoms with Crippen LogP contribution in [-0.4, -0.2) is 42.5 Å². The molecule has 0 saturated heterocycles. The Balaban J connectivity index is 0.000000272. The Bertz CT molecular complexity index is 553. The van der Waals surface area contributed by atoms with Gasteiger partial charge in [-0.05, 0) is 24.2 Å². The van der Waals surface area contributed by atoms with Crippen molar-refractivity contribution in [2.45, 2.75) is 37.3 Å². The zero-order valence-corrected chi connectivity index (χ0v) is 14.5. The largest absolute Gasteiger partial charge is 0.482 e. The van der Waals surface area contributed by atoms with Crippen molar-refractivity contribution < 1.29 is 22.5 Å². The number of ether oxygens (including phenoxy) is 1. The Labute approximate surface area is 133 Å². The molecule has 2 bridgehead atoms. The maximum Gasteiger partial charge on any atom is 0.278 e. The molecule has 1 heterocycles. The summed E-state index contributed by atoms with van der Waals surface area (Å²) < 4.78 is 35.2. The van der Waals surface area contributed by atoms with Crippen LogP contribution in [0.25, 0.3) is 0 Å². The lowest BCUT2D eigenvalue weighted by molar-refractivity contribution is -0.128. The number of Topliss-reactive ketones (excluding diaryl/α,β-unsaturated/α-hetero) is 1. The number of fused-ring (bicyclic) bond motifs is 2. The second kappa shape index (κ2) is 5.62. The first-order valence-corrected chi connectivity index (χ1v) is 9.29. The molecule has 0 amide bonds. The molecule has 0 radical (unpaired) electrons. The standard InChI is InChI=1S/C10H15BrO4S.C3H5NO/c1-9(2)6-3-4-10(9,7(12)5-6)8(11)16(13,14)15;1-2-5-3-4-1/h6,8H,3-5H2,1-2H3,(H,13,14,15);3H,1-2H2/t6?,8?,10-;/m1./s1. The molecule has 2 fully saturated rings. The highest BCUT2D eigenvalue weighted by molar-refractivity contribution is 9.11. The molecular formula is C13H20BrNO5S. The van der Waals surface area contributed by atoms with Crippen LogP contribution in [-0.2, 0) is 19.6 Å². The van der Waals surface area contributed by atoms with Crippen molar-refractivity contribution in [2.24, 2.45) is 21.7 Å². The minimum absolute atomic E-state index is 0.0340. The molecule has 21 heavy (non-hydrogen) atoms. The first kappa shape index (κ1) is 16.9. The van der Waals surface area contributed by atoms with Crippen LogP contribution in [0.2, 0.25) is 0 Å². The fourth-order valence-electron chi connectivity index (χ4n) is 3.76. The Morgan fingerprint density at radius 3 is 2.48 bits per heavy atom. The van der Waals surface area contributed by atoms with Gasteiger partial charge < -0.3 is 4.74 Å². The maximum absolute atomic E-state index is 12.1. The van der Waals surface area contributed by atoms with Gasteiger partial charge in [-0.25, -0.2) is 0 Å². The van der Waals surface area contributed by atoms with Crippen molar-refractivity contribution in [2.75, 3.05) is 13.2 Å². The average molecular weight is 382 g/mol. The third-order valence-electron chi connectivity index (χ3n) is 5.12. The van der Waals surface area contributed by atoms with Crippen LogP contribution in [0.3, 0.4) is 0 Å². The summed E-state index contributed by atoms with van der Waals surface area (Å²) in [4.78, 5) is 15.8. The normalized spacial score (nSPS) is 34.3. The molecule has 0 aromatic carbocycles. The van der Waals surface area contributed by atoms with Crippen molar-refractivity contribution >= 4 is 38.2 Å². The molecule has 6 nitrogen and oxygen atoms in total. The Hall–Kier alpha value is -0.470. The molecule has 2 unspecified atom stereocenters. The second-order valence-corrected chi connectivity index (χ2v) is 9.29. The SMILES string of the molecule is C1=NCCO1.CC1(C)C2CC[C@]1(C(Br)S(=O)(=O)O)C(=O)C2. The summed E-state index contributed by atoms with van der Waals surface area (Å²) in [5.41, 5.74) is -1.32. The van der Waals surface area contributed by atoms with Crippen LogP contribution in [0.15, 0.2) is 4.99 Å². The smallest absolute Gasteiger partial charge is 0.278 e. The lowest BCUT2D eigenvalue weighted by Gasteiger charge is -2.38. The van der Waals surface area contributed by atoms with Crippen LogP contribution in [0.4, 0.5) is 0 Å². The van der Waals surface area contributed by atoms with Crippen LogP contribution < -0.4 is 0 Å². The molecular weight excluding hydrogens is 362 g/mol. The lowest BCUT2D eigenvalue weighted by Crippen LogP contribution is -2.46. The highest BCUT2D eigenvalue weighted by Gasteiger charge is 2.69. The van der Waals surface area contributed by atoms with E-state index in [2.05, 4.69) is 25.7 Å². The Morgan fingerprint density at radius 2 is 2.19 bits per heavy atom. The summed E-state index contributed by atoms with van der Waals surface area (Å²) in [6, 6.07) is 0. The van der Waals surface area contributed by atoms with Gasteiger partial charge in [-0.15, -0.1) is 0 Å². The van der Waals surface area contributed by atoms with Gasteiger partial charge in [0.2, 0.25) is 0 Å². The number of carbonyl (C=O) groups is 1. The molecule has 2 aliphatic carbocycles. The van der Waals surface area contributed by atoms with Gasteiger partial charge in [0.25, 0.3) is 10.1 Å². The molecule has 8 heteroatoms. The number of halogens is 1. The third kappa shape index (κ3) is 2.66. The summed E-state index contributed by atoms with van der Waals surface area (Å²) in [6.45, 7) is 5.48. The first-order valence-electron chi connectivity index (χ1n) is 6.87. The van der Waals surface area contributed by atoms with Gasteiger partial charge in [0, 0.05) is 6.42 Å². The zero-order valence-electron chi connectivity index (χ0n) is 12.1. The van der Waals surface area contributed by atoms with E-state index < -0.39 is 19.7 Å². The molecule has 0 aromatic rings. The summed E-state index contributed by atoms with van der Waals surface area (Å²) in [6.07, 6.45) is 3.32. The molecule has 3 rings (SSSR count). The molecule has 2 saturated carbocycles. The van der Waals surface area contributed by atoms with Crippen molar-refractivity contribution in [1.82, 2.24) is 0 Å². The molecule has 1 N–H and O–H groups in total. The number of nitrogens with zero attached hydrogens (tertiary/aromatic N) is 1. The monoisotopic (exact) mass is 381 g/mol. The van der Waals surface area contributed by atoms with Crippen molar-refractivity contribution in [3.8, 4) is 0 Å². The van der Waals surface area contributed by atoms with E-state index in [0.717, 1.165) is 19.6 Å². The van der Waals surface area contributed by atoms with Crippen molar-refractivity contribution in [1.29, 1.82) is 0 Å². The molecule has 3 aliphatic rings.